The van der Waals surface area contributed by atoms with Crippen LogP contribution in [0.3, 0.4) is 0 Å². The van der Waals surface area contributed by atoms with Gasteiger partial charge in [0.15, 0.2) is 9.84 Å². The van der Waals surface area contributed by atoms with Crippen molar-refractivity contribution in [2.45, 2.75) is 56.7 Å². The summed E-state index contributed by atoms with van der Waals surface area (Å²) < 4.78 is 23.3. The molecule has 2 aliphatic rings. The van der Waals surface area contributed by atoms with Crippen LogP contribution in [0.5, 0.6) is 0 Å². The molecular weight excluding hydrogens is 278 g/mol. The maximum absolute atomic E-state index is 11.7. The van der Waals surface area contributed by atoms with E-state index in [1.165, 1.54) is 32.1 Å². The van der Waals surface area contributed by atoms with Crippen LogP contribution in [0.2, 0.25) is 0 Å². The van der Waals surface area contributed by atoms with Gasteiger partial charge in [0.1, 0.15) is 0 Å². The SMILES string of the molecule is C[C@H]1CCS(=O)(=O)CCN1CCSC1CCCCC1. The Morgan fingerprint density at radius 2 is 1.84 bits per heavy atom. The van der Waals surface area contributed by atoms with Gasteiger partial charge in [-0.25, -0.2) is 8.42 Å². The van der Waals surface area contributed by atoms with E-state index in [4.69, 9.17) is 0 Å². The zero-order valence-electron chi connectivity index (χ0n) is 12.0. The third-order valence-corrected chi connectivity index (χ3v) is 7.47. The lowest BCUT2D eigenvalue weighted by Crippen LogP contribution is -2.36. The number of rotatable bonds is 4. The van der Waals surface area contributed by atoms with Gasteiger partial charge < -0.3 is 0 Å². The van der Waals surface area contributed by atoms with Crippen LogP contribution < -0.4 is 0 Å². The highest BCUT2D eigenvalue weighted by Crippen LogP contribution is 2.28. The molecule has 0 aromatic carbocycles. The number of hydrogen-bond acceptors (Lipinski definition) is 4. The molecule has 0 amide bonds. The van der Waals surface area contributed by atoms with Gasteiger partial charge >= 0.3 is 0 Å². The second kappa shape index (κ2) is 7.32. The normalized spacial score (nSPS) is 30.1. The third kappa shape index (κ3) is 5.27. The van der Waals surface area contributed by atoms with Crippen molar-refractivity contribution in [3.05, 3.63) is 0 Å². The number of nitrogens with zero attached hydrogens (tertiary/aromatic N) is 1. The number of hydrogen-bond donors (Lipinski definition) is 0. The molecule has 0 unspecified atom stereocenters. The van der Waals surface area contributed by atoms with Gasteiger partial charge in [-0.05, 0) is 26.2 Å². The zero-order chi connectivity index (χ0) is 13.7. The predicted molar refractivity (Wildman–Crippen MR) is 83.6 cm³/mol. The monoisotopic (exact) mass is 305 g/mol. The minimum Gasteiger partial charge on any atom is -0.299 e. The molecule has 0 N–H and O–H groups in total. The molecule has 0 bridgehead atoms. The minimum absolute atomic E-state index is 0.353. The molecular formula is C14H27NO2S2. The molecule has 1 saturated carbocycles. The Hall–Kier alpha value is 0.260. The van der Waals surface area contributed by atoms with Gasteiger partial charge in [0, 0.05) is 30.1 Å². The molecule has 1 heterocycles. The average Bonchev–Trinajstić information content (AvgIpc) is 2.53. The average molecular weight is 306 g/mol. The van der Waals surface area contributed by atoms with E-state index in [-0.39, 0.29) is 0 Å². The molecule has 112 valence electrons. The summed E-state index contributed by atoms with van der Waals surface area (Å²) in [5, 5.41) is 0.861. The van der Waals surface area contributed by atoms with Crippen LogP contribution in [0.15, 0.2) is 0 Å². The Labute approximate surface area is 122 Å². The Balaban J connectivity index is 1.72. The zero-order valence-corrected chi connectivity index (χ0v) is 13.6. The van der Waals surface area contributed by atoms with Gasteiger partial charge in [0.2, 0.25) is 0 Å². The first-order chi connectivity index (χ1) is 9.07. The summed E-state index contributed by atoms with van der Waals surface area (Å²) in [4.78, 5) is 2.38. The summed E-state index contributed by atoms with van der Waals surface area (Å²) in [6.45, 7) is 3.96. The molecule has 1 aliphatic heterocycles. The summed E-state index contributed by atoms with van der Waals surface area (Å²) in [6, 6.07) is 0.421. The summed E-state index contributed by atoms with van der Waals surface area (Å²) in [5.41, 5.74) is 0. The predicted octanol–water partition coefficient (Wildman–Crippen LogP) is 2.56. The van der Waals surface area contributed by atoms with Crippen LogP contribution in [0.25, 0.3) is 0 Å². The maximum Gasteiger partial charge on any atom is 0.151 e. The van der Waals surface area contributed by atoms with Crippen molar-refractivity contribution >= 4 is 21.6 Å². The topological polar surface area (TPSA) is 37.4 Å². The van der Waals surface area contributed by atoms with E-state index in [0.29, 0.717) is 17.5 Å². The first kappa shape index (κ1) is 15.6. The maximum atomic E-state index is 11.7. The van der Waals surface area contributed by atoms with Crippen LogP contribution in [0.1, 0.15) is 45.4 Å². The summed E-state index contributed by atoms with van der Waals surface area (Å²) in [6.07, 6.45) is 7.78. The van der Waals surface area contributed by atoms with Gasteiger partial charge in [-0.3, -0.25) is 4.90 Å². The van der Waals surface area contributed by atoms with Crippen LogP contribution in [0, 0.1) is 0 Å². The molecule has 19 heavy (non-hydrogen) atoms. The van der Waals surface area contributed by atoms with Crippen LogP contribution in [-0.4, -0.2) is 55.0 Å². The van der Waals surface area contributed by atoms with E-state index < -0.39 is 9.84 Å². The first-order valence-corrected chi connectivity index (χ1v) is 10.5. The van der Waals surface area contributed by atoms with Crippen molar-refractivity contribution in [3.63, 3.8) is 0 Å². The van der Waals surface area contributed by atoms with Crippen molar-refractivity contribution in [1.82, 2.24) is 4.90 Å². The first-order valence-electron chi connectivity index (χ1n) is 7.63. The Morgan fingerprint density at radius 1 is 1.11 bits per heavy atom. The van der Waals surface area contributed by atoms with Gasteiger partial charge in [0.05, 0.1) is 11.5 Å². The van der Waals surface area contributed by atoms with Crippen molar-refractivity contribution in [2.24, 2.45) is 0 Å². The number of sulfone groups is 1. The second-order valence-electron chi connectivity index (χ2n) is 5.96. The van der Waals surface area contributed by atoms with Gasteiger partial charge in [0.25, 0.3) is 0 Å². The molecule has 3 nitrogen and oxygen atoms in total. The lowest BCUT2D eigenvalue weighted by atomic mass is 10.0. The fourth-order valence-electron chi connectivity index (χ4n) is 3.01. The van der Waals surface area contributed by atoms with Gasteiger partial charge in [-0.2, -0.15) is 11.8 Å². The van der Waals surface area contributed by atoms with E-state index in [0.717, 1.165) is 30.5 Å². The summed E-state index contributed by atoms with van der Waals surface area (Å²) in [5.74, 6) is 1.89. The lowest BCUT2D eigenvalue weighted by Gasteiger charge is -2.27. The molecule has 0 spiro atoms. The highest BCUT2D eigenvalue weighted by atomic mass is 32.2. The molecule has 1 aliphatic carbocycles. The van der Waals surface area contributed by atoms with Crippen molar-refractivity contribution < 1.29 is 8.42 Å². The molecule has 2 fully saturated rings. The summed E-state index contributed by atoms with van der Waals surface area (Å²) >= 11 is 2.11. The van der Waals surface area contributed by atoms with E-state index in [2.05, 4.69) is 23.6 Å². The van der Waals surface area contributed by atoms with E-state index in [1.54, 1.807) is 0 Å². The highest BCUT2D eigenvalue weighted by molar-refractivity contribution is 7.99. The summed E-state index contributed by atoms with van der Waals surface area (Å²) in [7, 11) is -2.78. The molecule has 1 atom stereocenters. The molecule has 1 saturated heterocycles. The second-order valence-corrected chi connectivity index (χ2v) is 9.67. The fraction of sp³-hybridized carbons (Fsp3) is 1.00. The van der Waals surface area contributed by atoms with Gasteiger partial charge in [-0.1, -0.05) is 19.3 Å². The van der Waals surface area contributed by atoms with E-state index in [1.807, 2.05) is 0 Å². The van der Waals surface area contributed by atoms with Crippen molar-refractivity contribution in [1.29, 1.82) is 0 Å². The third-order valence-electron chi connectivity index (χ3n) is 4.44. The van der Waals surface area contributed by atoms with Gasteiger partial charge in [-0.15, -0.1) is 0 Å². The van der Waals surface area contributed by atoms with E-state index >= 15 is 0 Å². The number of thioether (sulfide) groups is 1. The molecule has 0 aromatic rings. The van der Waals surface area contributed by atoms with Crippen LogP contribution in [-0.2, 0) is 9.84 Å². The van der Waals surface area contributed by atoms with Crippen LogP contribution in [0.4, 0.5) is 0 Å². The fourth-order valence-corrected chi connectivity index (χ4v) is 5.77. The Bertz CT molecular complexity index is 364. The highest BCUT2D eigenvalue weighted by Gasteiger charge is 2.24. The van der Waals surface area contributed by atoms with Crippen LogP contribution >= 0.6 is 11.8 Å². The smallest absolute Gasteiger partial charge is 0.151 e. The van der Waals surface area contributed by atoms with Crippen molar-refractivity contribution in [2.75, 3.05) is 30.3 Å². The quantitative estimate of drug-likeness (QED) is 0.800. The standard InChI is InChI=1S/C14H27NO2S2/c1-13-7-11-19(16,17)12-9-15(13)8-10-18-14-5-3-2-4-6-14/h13-14H,2-12H2,1H3/t13-/m0/s1. The molecule has 0 aromatic heterocycles. The molecule has 2 rings (SSSR count). The molecule has 5 heteroatoms. The largest absolute Gasteiger partial charge is 0.299 e. The Kier molecular flexibility index (Phi) is 6.03. The Morgan fingerprint density at radius 3 is 2.58 bits per heavy atom. The lowest BCUT2D eigenvalue weighted by molar-refractivity contribution is 0.235. The minimum atomic E-state index is -2.78. The van der Waals surface area contributed by atoms with Crippen molar-refractivity contribution in [3.8, 4) is 0 Å². The molecule has 0 radical (unpaired) electrons. The van der Waals surface area contributed by atoms with E-state index in [9.17, 15) is 8.42 Å².